The van der Waals surface area contributed by atoms with Crippen LogP contribution in [-0.2, 0) is 11.3 Å². The summed E-state index contributed by atoms with van der Waals surface area (Å²) in [4.78, 5) is 16.7. The highest BCUT2D eigenvalue weighted by Crippen LogP contribution is 2.19. The van der Waals surface area contributed by atoms with E-state index >= 15 is 0 Å². The van der Waals surface area contributed by atoms with Crippen LogP contribution in [0.1, 0.15) is 24.8 Å². The van der Waals surface area contributed by atoms with Gasteiger partial charge < -0.3 is 14.6 Å². The van der Waals surface area contributed by atoms with Gasteiger partial charge in [-0.1, -0.05) is 41.4 Å². The molecule has 1 heterocycles. The predicted molar refractivity (Wildman–Crippen MR) is 102 cm³/mol. The molecule has 2 aromatic carbocycles. The van der Waals surface area contributed by atoms with Crippen molar-refractivity contribution in [3.05, 3.63) is 65.0 Å². The summed E-state index contributed by atoms with van der Waals surface area (Å²) in [6.45, 7) is 4.02. The lowest BCUT2D eigenvalue weighted by molar-refractivity contribution is -0.128. The number of hydrogen-bond donors (Lipinski definition) is 1. The van der Waals surface area contributed by atoms with E-state index in [2.05, 4.69) is 15.5 Å². The number of nitrogens with one attached hydrogen (secondary N) is 1. The molecule has 0 fully saturated rings. The Kier molecular flexibility index (Phi) is 6.08. The molecule has 1 N–H and O–H groups in total. The molecule has 1 amide bonds. The first-order valence-electron chi connectivity index (χ1n) is 8.64. The van der Waals surface area contributed by atoms with E-state index in [0.29, 0.717) is 28.9 Å². The number of carbonyl (C=O) groups is 1. The second kappa shape index (κ2) is 8.68. The third kappa shape index (κ3) is 5.08. The van der Waals surface area contributed by atoms with Crippen molar-refractivity contribution in [2.75, 3.05) is 0 Å². The Hall–Kier alpha value is -2.86. The smallest absolute Gasteiger partial charge is 0.261 e. The lowest BCUT2D eigenvalue weighted by Crippen LogP contribution is -2.37. The minimum Gasteiger partial charge on any atom is -0.481 e. The van der Waals surface area contributed by atoms with Crippen LogP contribution < -0.4 is 10.1 Å². The Morgan fingerprint density at radius 3 is 2.56 bits per heavy atom. The van der Waals surface area contributed by atoms with Crippen molar-refractivity contribution in [2.45, 2.75) is 32.9 Å². The number of halogens is 1. The van der Waals surface area contributed by atoms with Crippen molar-refractivity contribution < 1.29 is 14.1 Å². The number of benzene rings is 2. The van der Waals surface area contributed by atoms with Gasteiger partial charge >= 0.3 is 0 Å². The molecule has 7 heteroatoms. The largest absolute Gasteiger partial charge is 0.481 e. The molecule has 0 aliphatic carbocycles. The Balaban J connectivity index is 1.57. The zero-order chi connectivity index (χ0) is 19.2. The number of rotatable bonds is 7. The normalized spacial score (nSPS) is 11.8. The molecular weight excluding hydrogens is 366 g/mol. The number of amides is 1. The molecule has 0 spiro atoms. The van der Waals surface area contributed by atoms with Crippen LogP contribution in [0.5, 0.6) is 5.75 Å². The Labute approximate surface area is 162 Å². The SMILES string of the molecule is CC[C@H](Oc1ccc(C)cc1)C(=O)NCc1nc(-c2ccc(Cl)cc2)no1. The van der Waals surface area contributed by atoms with Crippen molar-refractivity contribution in [3.8, 4) is 17.1 Å². The fraction of sp³-hybridized carbons (Fsp3) is 0.250. The molecule has 0 saturated carbocycles. The third-order valence-electron chi connectivity index (χ3n) is 3.95. The number of aryl methyl sites for hydroxylation is 1. The molecule has 0 unspecified atom stereocenters. The van der Waals surface area contributed by atoms with Gasteiger partial charge in [-0.2, -0.15) is 4.98 Å². The summed E-state index contributed by atoms with van der Waals surface area (Å²) >= 11 is 5.87. The second-order valence-corrected chi connectivity index (χ2v) is 6.50. The van der Waals surface area contributed by atoms with Gasteiger partial charge in [-0.15, -0.1) is 0 Å². The van der Waals surface area contributed by atoms with Gasteiger partial charge in [0.05, 0.1) is 6.54 Å². The van der Waals surface area contributed by atoms with Gasteiger partial charge in [-0.3, -0.25) is 4.79 Å². The van der Waals surface area contributed by atoms with E-state index in [0.717, 1.165) is 11.1 Å². The number of ether oxygens (including phenoxy) is 1. The van der Waals surface area contributed by atoms with Crippen LogP contribution in [-0.4, -0.2) is 22.2 Å². The molecule has 0 bridgehead atoms. The standard InChI is InChI=1S/C20H20ClN3O3/c1-3-17(26-16-10-4-13(2)5-11-16)20(25)22-12-18-23-19(24-27-18)14-6-8-15(21)9-7-14/h4-11,17H,3,12H2,1-2H3,(H,22,25)/t17-/m0/s1. The predicted octanol–water partition coefficient (Wildman–Crippen LogP) is 4.17. The quantitative estimate of drug-likeness (QED) is 0.660. The minimum absolute atomic E-state index is 0.132. The second-order valence-electron chi connectivity index (χ2n) is 6.06. The van der Waals surface area contributed by atoms with E-state index in [-0.39, 0.29) is 12.5 Å². The zero-order valence-corrected chi connectivity index (χ0v) is 15.9. The van der Waals surface area contributed by atoms with Gasteiger partial charge in [-0.25, -0.2) is 0 Å². The summed E-state index contributed by atoms with van der Waals surface area (Å²) in [6, 6.07) is 14.7. The van der Waals surface area contributed by atoms with E-state index < -0.39 is 6.10 Å². The minimum atomic E-state index is -0.591. The van der Waals surface area contributed by atoms with Crippen molar-refractivity contribution in [1.29, 1.82) is 0 Å². The maximum absolute atomic E-state index is 12.4. The molecule has 1 aromatic heterocycles. The topological polar surface area (TPSA) is 77.2 Å². The Morgan fingerprint density at radius 2 is 1.89 bits per heavy atom. The molecular formula is C20H20ClN3O3. The highest BCUT2D eigenvalue weighted by atomic mass is 35.5. The molecule has 3 aromatic rings. The maximum atomic E-state index is 12.4. The van der Waals surface area contributed by atoms with Crippen LogP contribution >= 0.6 is 11.6 Å². The van der Waals surface area contributed by atoms with Crippen LogP contribution in [0.2, 0.25) is 5.02 Å². The maximum Gasteiger partial charge on any atom is 0.261 e. The van der Waals surface area contributed by atoms with E-state index in [1.807, 2.05) is 38.1 Å². The van der Waals surface area contributed by atoms with E-state index in [9.17, 15) is 4.79 Å². The van der Waals surface area contributed by atoms with Gasteiger partial charge in [-0.05, 0) is 49.7 Å². The summed E-state index contributed by atoms with van der Waals surface area (Å²) in [5.74, 6) is 1.19. The lowest BCUT2D eigenvalue weighted by Gasteiger charge is -2.16. The zero-order valence-electron chi connectivity index (χ0n) is 15.1. The lowest BCUT2D eigenvalue weighted by atomic mass is 10.2. The summed E-state index contributed by atoms with van der Waals surface area (Å²) in [5, 5.41) is 7.33. The van der Waals surface area contributed by atoms with E-state index in [1.54, 1.807) is 24.3 Å². The number of hydrogen-bond acceptors (Lipinski definition) is 5. The van der Waals surface area contributed by atoms with Crippen LogP contribution in [0, 0.1) is 6.92 Å². The highest BCUT2D eigenvalue weighted by molar-refractivity contribution is 6.30. The average molecular weight is 386 g/mol. The van der Waals surface area contributed by atoms with Crippen LogP contribution in [0.3, 0.4) is 0 Å². The summed E-state index contributed by atoms with van der Waals surface area (Å²) < 4.78 is 11.0. The van der Waals surface area contributed by atoms with E-state index in [1.165, 1.54) is 0 Å². The molecule has 0 saturated heterocycles. The molecule has 1 atom stereocenters. The third-order valence-corrected chi connectivity index (χ3v) is 4.20. The summed E-state index contributed by atoms with van der Waals surface area (Å²) in [7, 11) is 0. The first kappa shape index (κ1) is 18.9. The fourth-order valence-electron chi connectivity index (χ4n) is 2.42. The number of carbonyl (C=O) groups excluding carboxylic acids is 1. The van der Waals surface area contributed by atoms with Gasteiger partial charge in [0.25, 0.3) is 5.91 Å². The average Bonchev–Trinajstić information content (AvgIpc) is 3.15. The highest BCUT2D eigenvalue weighted by Gasteiger charge is 2.19. The van der Waals surface area contributed by atoms with Gasteiger partial charge in [0.1, 0.15) is 5.75 Å². The van der Waals surface area contributed by atoms with Crippen molar-refractivity contribution in [3.63, 3.8) is 0 Å². The number of nitrogens with zero attached hydrogens (tertiary/aromatic N) is 2. The fourth-order valence-corrected chi connectivity index (χ4v) is 2.55. The van der Waals surface area contributed by atoms with E-state index in [4.69, 9.17) is 20.9 Å². The van der Waals surface area contributed by atoms with Crippen molar-refractivity contribution >= 4 is 17.5 Å². The first-order chi connectivity index (χ1) is 13.0. The monoisotopic (exact) mass is 385 g/mol. The molecule has 0 radical (unpaired) electrons. The summed E-state index contributed by atoms with van der Waals surface area (Å²) in [5.41, 5.74) is 1.92. The Bertz CT molecular complexity index is 892. The van der Waals surface area contributed by atoms with Gasteiger partial charge in [0.15, 0.2) is 6.10 Å². The van der Waals surface area contributed by atoms with Crippen LogP contribution in [0.4, 0.5) is 0 Å². The molecule has 140 valence electrons. The van der Waals surface area contributed by atoms with Gasteiger partial charge in [0, 0.05) is 10.6 Å². The number of aromatic nitrogens is 2. The van der Waals surface area contributed by atoms with Crippen LogP contribution in [0.15, 0.2) is 53.1 Å². The van der Waals surface area contributed by atoms with Crippen LogP contribution in [0.25, 0.3) is 11.4 Å². The van der Waals surface area contributed by atoms with Gasteiger partial charge in [0.2, 0.25) is 11.7 Å². The molecule has 3 rings (SSSR count). The Morgan fingerprint density at radius 1 is 1.19 bits per heavy atom. The molecule has 0 aliphatic heterocycles. The first-order valence-corrected chi connectivity index (χ1v) is 9.02. The molecule has 27 heavy (non-hydrogen) atoms. The molecule has 6 nitrogen and oxygen atoms in total. The molecule has 0 aliphatic rings. The van der Waals surface area contributed by atoms with Crippen molar-refractivity contribution in [2.24, 2.45) is 0 Å². The van der Waals surface area contributed by atoms with Crippen molar-refractivity contribution in [1.82, 2.24) is 15.5 Å². The summed E-state index contributed by atoms with van der Waals surface area (Å²) in [6.07, 6.45) is -0.0501.